The van der Waals surface area contributed by atoms with Gasteiger partial charge in [0, 0.05) is 17.5 Å². The zero-order chi connectivity index (χ0) is 19.0. The van der Waals surface area contributed by atoms with E-state index in [0.717, 1.165) is 24.8 Å². The molecular weight excluding hydrogens is 345 g/mol. The van der Waals surface area contributed by atoms with Crippen LogP contribution in [0.4, 0.5) is 4.39 Å². The van der Waals surface area contributed by atoms with Gasteiger partial charge < -0.3 is 14.7 Å². The van der Waals surface area contributed by atoms with E-state index in [0.29, 0.717) is 6.42 Å². The van der Waals surface area contributed by atoms with Crippen molar-refractivity contribution in [2.75, 3.05) is 13.7 Å². The monoisotopic (exact) mass is 369 g/mol. The number of carbonyl (C=O) groups is 1. The van der Waals surface area contributed by atoms with Gasteiger partial charge >= 0.3 is 0 Å². The topological polar surface area (TPSA) is 49.8 Å². The summed E-state index contributed by atoms with van der Waals surface area (Å²) < 4.78 is 19.7. The molecule has 2 aliphatic heterocycles. The summed E-state index contributed by atoms with van der Waals surface area (Å²) in [7, 11) is 1.44. The molecular formula is C22H24FNO3. The molecule has 27 heavy (non-hydrogen) atoms. The van der Waals surface area contributed by atoms with E-state index in [-0.39, 0.29) is 41.3 Å². The number of hydrogen-bond acceptors (Lipinski definition) is 3. The number of halogens is 1. The van der Waals surface area contributed by atoms with Gasteiger partial charge in [0.2, 0.25) is 0 Å². The molecule has 0 saturated carbocycles. The van der Waals surface area contributed by atoms with Crippen molar-refractivity contribution in [2.45, 2.75) is 37.8 Å². The highest BCUT2D eigenvalue weighted by atomic mass is 19.1. The summed E-state index contributed by atoms with van der Waals surface area (Å²) in [6.45, 7) is 0.0151. The Kier molecular flexibility index (Phi) is 4.64. The molecule has 1 amide bonds. The van der Waals surface area contributed by atoms with Gasteiger partial charge in [0.05, 0.1) is 13.7 Å². The van der Waals surface area contributed by atoms with Crippen molar-refractivity contribution in [2.24, 2.45) is 5.41 Å². The van der Waals surface area contributed by atoms with Crippen LogP contribution in [0.2, 0.25) is 0 Å². The van der Waals surface area contributed by atoms with Crippen molar-refractivity contribution in [1.29, 1.82) is 0 Å². The zero-order valence-corrected chi connectivity index (χ0v) is 15.4. The molecule has 2 heterocycles. The Morgan fingerprint density at radius 1 is 1.22 bits per heavy atom. The van der Waals surface area contributed by atoms with Crippen LogP contribution in [0, 0.1) is 11.2 Å². The number of aliphatic hydroxyl groups excluding tert-OH is 1. The van der Waals surface area contributed by atoms with Gasteiger partial charge in [0.1, 0.15) is 17.1 Å². The molecule has 2 aliphatic rings. The van der Waals surface area contributed by atoms with Gasteiger partial charge in [-0.2, -0.15) is 0 Å². The van der Waals surface area contributed by atoms with Crippen LogP contribution in [-0.4, -0.2) is 41.7 Å². The second-order valence-electron chi connectivity index (χ2n) is 7.66. The van der Waals surface area contributed by atoms with E-state index in [4.69, 9.17) is 4.74 Å². The number of benzene rings is 2. The lowest BCUT2D eigenvalue weighted by Gasteiger charge is -2.36. The number of nitrogens with zero attached hydrogens (tertiary/aromatic N) is 1. The Balaban J connectivity index is 1.67. The summed E-state index contributed by atoms with van der Waals surface area (Å²) in [5.74, 6) is -0.645. The molecule has 5 heteroatoms. The molecule has 1 N–H and O–H groups in total. The van der Waals surface area contributed by atoms with Crippen LogP contribution in [0.5, 0.6) is 5.75 Å². The summed E-state index contributed by atoms with van der Waals surface area (Å²) in [6.07, 6.45) is 3.18. The smallest absolute Gasteiger partial charge is 0.261 e. The molecule has 2 fully saturated rings. The van der Waals surface area contributed by atoms with Crippen molar-refractivity contribution in [1.82, 2.24) is 4.90 Å². The van der Waals surface area contributed by atoms with E-state index < -0.39 is 5.82 Å². The highest BCUT2D eigenvalue weighted by molar-refractivity contribution is 5.98. The SMILES string of the molecule is COc1cccc(F)c1C(=O)N1[C@H]2CC[C@@H]1[C@@](CO)(Cc1ccccc1)C2. The van der Waals surface area contributed by atoms with Gasteiger partial charge in [-0.15, -0.1) is 0 Å². The molecule has 0 spiro atoms. The molecule has 0 aromatic heterocycles. The predicted octanol–water partition coefficient (Wildman–Crippen LogP) is 3.43. The number of carbonyl (C=O) groups excluding carboxylic acids is 1. The van der Waals surface area contributed by atoms with E-state index in [1.165, 1.54) is 19.2 Å². The number of amides is 1. The van der Waals surface area contributed by atoms with Gasteiger partial charge in [-0.25, -0.2) is 4.39 Å². The normalized spacial score (nSPS) is 26.4. The summed E-state index contributed by atoms with van der Waals surface area (Å²) >= 11 is 0. The molecule has 2 saturated heterocycles. The number of methoxy groups -OCH3 is 1. The molecule has 2 aromatic rings. The maximum absolute atomic E-state index is 14.5. The molecule has 4 rings (SSSR count). The lowest BCUT2D eigenvalue weighted by atomic mass is 9.70. The number of ether oxygens (including phenoxy) is 1. The van der Waals surface area contributed by atoms with Crippen LogP contribution in [0.25, 0.3) is 0 Å². The van der Waals surface area contributed by atoms with Gasteiger partial charge in [-0.05, 0) is 43.4 Å². The summed E-state index contributed by atoms with van der Waals surface area (Å²) in [5, 5.41) is 10.3. The second kappa shape index (κ2) is 6.97. The van der Waals surface area contributed by atoms with Gasteiger partial charge in [-0.1, -0.05) is 36.4 Å². The lowest BCUT2D eigenvalue weighted by molar-refractivity contribution is 0.0565. The Hall–Kier alpha value is -2.40. The minimum absolute atomic E-state index is 0.00893. The Labute approximate surface area is 158 Å². The quantitative estimate of drug-likeness (QED) is 0.878. The molecule has 0 radical (unpaired) electrons. The third kappa shape index (κ3) is 2.90. The van der Waals surface area contributed by atoms with E-state index in [1.807, 2.05) is 18.2 Å². The minimum atomic E-state index is -0.566. The number of fused-ring (bicyclic) bond motifs is 2. The molecule has 0 aliphatic carbocycles. The third-order valence-corrected chi connectivity index (χ3v) is 6.21. The third-order valence-electron chi connectivity index (χ3n) is 6.21. The van der Waals surface area contributed by atoms with E-state index >= 15 is 0 Å². The fraction of sp³-hybridized carbons (Fsp3) is 0.409. The van der Waals surface area contributed by atoms with Crippen LogP contribution in [0.1, 0.15) is 35.2 Å². The van der Waals surface area contributed by atoms with Crippen LogP contribution >= 0.6 is 0 Å². The number of aliphatic hydroxyl groups is 1. The number of hydrogen-bond donors (Lipinski definition) is 1. The first-order valence-electron chi connectivity index (χ1n) is 9.39. The van der Waals surface area contributed by atoms with Crippen LogP contribution in [-0.2, 0) is 6.42 Å². The first-order chi connectivity index (χ1) is 13.1. The average molecular weight is 369 g/mol. The predicted molar refractivity (Wildman–Crippen MR) is 100 cm³/mol. The van der Waals surface area contributed by atoms with Gasteiger partial charge in [0.25, 0.3) is 5.91 Å². The van der Waals surface area contributed by atoms with Crippen molar-refractivity contribution < 1.29 is 19.0 Å². The second-order valence-corrected chi connectivity index (χ2v) is 7.66. The lowest BCUT2D eigenvalue weighted by Crippen LogP contribution is -2.44. The fourth-order valence-corrected chi connectivity index (χ4v) is 5.03. The molecule has 0 unspecified atom stereocenters. The average Bonchev–Trinajstić information content (AvgIpc) is 3.24. The maximum atomic E-state index is 14.5. The van der Waals surface area contributed by atoms with Crippen molar-refractivity contribution in [3.8, 4) is 5.75 Å². The molecule has 2 bridgehead atoms. The Bertz CT molecular complexity index is 841. The van der Waals surface area contributed by atoms with Crippen LogP contribution in [0.3, 0.4) is 0 Å². The largest absolute Gasteiger partial charge is 0.496 e. The van der Waals surface area contributed by atoms with Crippen molar-refractivity contribution in [3.05, 3.63) is 65.5 Å². The zero-order valence-electron chi connectivity index (χ0n) is 15.4. The molecule has 4 nitrogen and oxygen atoms in total. The summed E-state index contributed by atoms with van der Waals surface area (Å²) in [4.78, 5) is 15.1. The summed E-state index contributed by atoms with van der Waals surface area (Å²) in [6, 6.07) is 14.4. The van der Waals surface area contributed by atoms with Crippen molar-refractivity contribution in [3.63, 3.8) is 0 Å². The summed E-state index contributed by atoms with van der Waals surface area (Å²) in [5.41, 5.74) is 0.763. The first kappa shape index (κ1) is 18.0. The van der Waals surface area contributed by atoms with Crippen LogP contribution < -0.4 is 4.74 Å². The molecule has 142 valence electrons. The first-order valence-corrected chi connectivity index (χ1v) is 9.39. The molecule has 3 atom stereocenters. The van der Waals surface area contributed by atoms with E-state index in [1.54, 1.807) is 11.0 Å². The van der Waals surface area contributed by atoms with Gasteiger partial charge in [0.15, 0.2) is 0 Å². The van der Waals surface area contributed by atoms with E-state index in [2.05, 4.69) is 12.1 Å². The maximum Gasteiger partial charge on any atom is 0.261 e. The fourth-order valence-electron chi connectivity index (χ4n) is 5.03. The number of rotatable bonds is 5. The minimum Gasteiger partial charge on any atom is -0.496 e. The van der Waals surface area contributed by atoms with Gasteiger partial charge in [-0.3, -0.25) is 4.79 Å². The Morgan fingerprint density at radius 3 is 2.70 bits per heavy atom. The van der Waals surface area contributed by atoms with Crippen molar-refractivity contribution >= 4 is 5.91 Å². The Morgan fingerprint density at radius 2 is 2.00 bits per heavy atom. The highest BCUT2D eigenvalue weighted by Crippen LogP contribution is 2.52. The van der Waals surface area contributed by atoms with E-state index in [9.17, 15) is 14.3 Å². The standard InChI is InChI=1S/C22H24FNO3/c1-27-18-9-5-8-17(23)20(18)21(26)24-16-10-11-19(24)22(13-16,14-25)12-15-6-3-2-4-7-15/h2-9,16,19,25H,10-14H2,1H3/t16-,19+,22-/m0/s1. The molecule has 2 aromatic carbocycles. The highest BCUT2D eigenvalue weighted by Gasteiger charge is 2.57. The van der Waals surface area contributed by atoms with Crippen LogP contribution in [0.15, 0.2) is 48.5 Å².